The van der Waals surface area contributed by atoms with E-state index < -0.39 is 5.60 Å². The average Bonchev–Trinajstić information content (AvgIpc) is 2.69. The lowest BCUT2D eigenvalue weighted by molar-refractivity contribution is 0.0786. The van der Waals surface area contributed by atoms with Crippen LogP contribution in [0.25, 0.3) is 5.69 Å². The molecule has 0 aliphatic carbocycles. The first kappa shape index (κ1) is 9.86. The van der Waals surface area contributed by atoms with Gasteiger partial charge >= 0.3 is 0 Å². The molecule has 0 fully saturated rings. The topological polar surface area (TPSA) is 50.9 Å². The molecule has 1 N–H and O–H groups in total. The molecule has 0 spiro atoms. The summed E-state index contributed by atoms with van der Waals surface area (Å²) in [5.74, 6) is 0. The van der Waals surface area contributed by atoms with Crippen LogP contribution in [0.15, 0.2) is 36.7 Å². The van der Waals surface area contributed by atoms with Crippen molar-refractivity contribution < 1.29 is 5.11 Å². The van der Waals surface area contributed by atoms with Crippen LogP contribution in [0.2, 0.25) is 0 Å². The predicted octanol–water partition coefficient (Wildman–Crippen LogP) is 1.49. The molecule has 0 amide bonds. The van der Waals surface area contributed by atoms with Crippen LogP contribution >= 0.6 is 0 Å². The molecule has 0 atom stereocenters. The maximum absolute atomic E-state index is 9.87. The third kappa shape index (κ3) is 2.05. The van der Waals surface area contributed by atoms with Gasteiger partial charge in [-0.1, -0.05) is 17.3 Å². The van der Waals surface area contributed by atoms with E-state index in [1.807, 2.05) is 24.3 Å². The maximum atomic E-state index is 9.87. The molecule has 4 heteroatoms. The van der Waals surface area contributed by atoms with Crippen molar-refractivity contribution in [3.63, 3.8) is 0 Å². The van der Waals surface area contributed by atoms with Crippen LogP contribution in [0.1, 0.15) is 19.4 Å². The molecule has 0 unspecified atom stereocenters. The molecule has 0 bridgehead atoms. The minimum Gasteiger partial charge on any atom is -0.386 e. The normalized spacial score (nSPS) is 11.7. The minimum absolute atomic E-state index is 0.837. The molecule has 0 radical (unpaired) electrons. The number of aromatic nitrogens is 3. The SMILES string of the molecule is CC(C)(O)c1cccc(-n2ccnn2)c1. The fraction of sp³-hybridized carbons (Fsp3) is 0.273. The molecule has 0 saturated heterocycles. The Bertz CT molecular complexity index is 443. The van der Waals surface area contributed by atoms with E-state index in [0.717, 1.165) is 11.3 Å². The Labute approximate surface area is 88.2 Å². The Morgan fingerprint density at radius 2 is 2.13 bits per heavy atom. The highest BCUT2D eigenvalue weighted by Crippen LogP contribution is 2.21. The Morgan fingerprint density at radius 1 is 1.33 bits per heavy atom. The maximum Gasteiger partial charge on any atom is 0.0841 e. The van der Waals surface area contributed by atoms with Crippen molar-refractivity contribution >= 4 is 0 Å². The first-order valence-corrected chi connectivity index (χ1v) is 4.77. The molecule has 78 valence electrons. The first-order chi connectivity index (χ1) is 7.07. The number of benzene rings is 1. The predicted molar refractivity (Wildman–Crippen MR) is 56.6 cm³/mol. The fourth-order valence-corrected chi connectivity index (χ4v) is 1.37. The van der Waals surface area contributed by atoms with E-state index in [-0.39, 0.29) is 0 Å². The van der Waals surface area contributed by atoms with Gasteiger partial charge in [0.1, 0.15) is 0 Å². The van der Waals surface area contributed by atoms with E-state index in [2.05, 4.69) is 10.3 Å². The number of nitrogens with zero attached hydrogens (tertiary/aromatic N) is 3. The van der Waals surface area contributed by atoms with Gasteiger partial charge in [0, 0.05) is 0 Å². The van der Waals surface area contributed by atoms with E-state index in [0.29, 0.717) is 0 Å². The van der Waals surface area contributed by atoms with Gasteiger partial charge in [0.05, 0.1) is 23.7 Å². The van der Waals surface area contributed by atoms with E-state index in [9.17, 15) is 5.11 Å². The third-order valence-electron chi connectivity index (χ3n) is 2.24. The zero-order valence-corrected chi connectivity index (χ0v) is 8.75. The van der Waals surface area contributed by atoms with Crippen molar-refractivity contribution in [2.24, 2.45) is 0 Å². The van der Waals surface area contributed by atoms with E-state index >= 15 is 0 Å². The molecule has 2 aromatic rings. The largest absolute Gasteiger partial charge is 0.386 e. The van der Waals surface area contributed by atoms with E-state index in [1.165, 1.54) is 0 Å². The number of hydrogen-bond donors (Lipinski definition) is 1. The zero-order valence-electron chi connectivity index (χ0n) is 8.75. The van der Waals surface area contributed by atoms with Gasteiger partial charge in [-0.25, -0.2) is 4.68 Å². The highest BCUT2D eigenvalue weighted by Gasteiger charge is 2.16. The number of hydrogen-bond acceptors (Lipinski definition) is 3. The van der Waals surface area contributed by atoms with Crippen molar-refractivity contribution in [3.05, 3.63) is 42.2 Å². The summed E-state index contributed by atoms with van der Waals surface area (Å²) in [7, 11) is 0. The van der Waals surface area contributed by atoms with Gasteiger partial charge in [-0.3, -0.25) is 0 Å². The van der Waals surface area contributed by atoms with Crippen LogP contribution in [0.4, 0.5) is 0 Å². The molecule has 1 aromatic heterocycles. The molecule has 15 heavy (non-hydrogen) atoms. The van der Waals surface area contributed by atoms with E-state index in [4.69, 9.17) is 0 Å². The highest BCUT2D eigenvalue weighted by molar-refractivity contribution is 5.36. The van der Waals surface area contributed by atoms with Gasteiger partial charge in [-0.2, -0.15) is 0 Å². The Morgan fingerprint density at radius 3 is 2.73 bits per heavy atom. The van der Waals surface area contributed by atoms with Crippen molar-refractivity contribution in [1.82, 2.24) is 15.0 Å². The standard InChI is InChI=1S/C11H13N3O/c1-11(2,15)9-4-3-5-10(8-9)14-7-6-12-13-14/h3-8,15H,1-2H3. The molecule has 0 saturated carbocycles. The van der Waals surface area contributed by atoms with Crippen LogP contribution < -0.4 is 0 Å². The van der Waals surface area contributed by atoms with Crippen LogP contribution in [0.5, 0.6) is 0 Å². The lowest BCUT2D eigenvalue weighted by atomic mass is 9.98. The van der Waals surface area contributed by atoms with Crippen molar-refractivity contribution in [2.45, 2.75) is 19.4 Å². The second-order valence-corrected chi connectivity index (χ2v) is 3.96. The van der Waals surface area contributed by atoms with Gasteiger partial charge in [-0.15, -0.1) is 5.10 Å². The summed E-state index contributed by atoms with van der Waals surface area (Å²) in [6, 6.07) is 7.60. The highest BCUT2D eigenvalue weighted by atomic mass is 16.3. The van der Waals surface area contributed by atoms with Gasteiger partial charge in [0.2, 0.25) is 0 Å². The van der Waals surface area contributed by atoms with Gasteiger partial charge in [0.15, 0.2) is 0 Å². The van der Waals surface area contributed by atoms with Crippen LogP contribution in [0, 0.1) is 0 Å². The number of rotatable bonds is 2. The molecule has 1 heterocycles. The summed E-state index contributed by atoms with van der Waals surface area (Å²) in [5.41, 5.74) is 0.916. The summed E-state index contributed by atoms with van der Waals surface area (Å²) in [4.78, 5) is 0. The minimum atomic E-state index is -0.837. The lowest BCUT2D eigenvalue weighted by Gasteiger charge is -2.18. The van der Waals surface area contributed by atoms with Crippen molar-refractivity contribution in [1.29, 1.82) is 0 Å². The van der Waals surface area contributed by atoms with Crippen LogP contribution in [-0.2, 0) is 5.60 Å². The second kappa shape index (κ2) is 3.47. The van der Waals surface area contributed by atoms with E-state index in [1.54, 1.807) is 30.9 Å². The summed E-state index contributed by atoms with van der Waals surface area (Å²) in [6.07, 6.45) is 3.39. The van der Waals surface area contributed by atoms with Gasteiger partial charge in [0.25, 0.3) is 0 Å². The molecule has 0 aliphatic rings. The molecule has 2 rings (SSSR count). The molecular formula is C11H13N3O. The quantitative estimate of drug-likeness (QED) is 0.804. The van der Waals surface area contributed by atoms with Crippen LogP contribution in [-0.4, -0.2) is 20.1 Å². The van der Waals surface area contributed by atoms with Gasteiger partial charge < -0.3 is 5.11 Å². The van der Waals surface area contributed by atoms with Gasteiger partial charge in [-0.05, 0) is 31.5 Å². The summed E-state index contributed by atoms with van der Waals surface area (Å²) in [5, 5.41) is 17.5. The molecule has 1 aromatic carbocycles. The van der Waals surface area contributed by atoms with Crippen molar-refractivity contribution in [2.75, 3.05) is 0 Å². The smallest absolute Gasteiger partial charge is 0.0841 e. The molecule has 4 nitrogen and oxygen atoms in total. The first-order valence-electron chi connectivity index (χ1n) is 4.77. The summed E-state index contributed by atoms with van der Waals surface area (Å²) >= 11 is 0. The summed E-state index contributed by atoms with van der Waals surface area (Å²) in [6.45, 7) is 3.51. The zero-order chi connectivity index (χ0) is 10.9. The Hall–Kier alpha value is -1.68. The molecule has 0 aliphatic heterocycles. The lowest BCUT2D eigenvalue weighted by Crippen LogP contribution is -2.15. The Balaban J connectivity index is 2.44. The Kier molecular flexibility index (Phi) is 2.28. The third-order valence-corrected chi connectivity index (χ3v) is 2.24. The van der Waals surface area contributed by atoms with Crippen LogP contribution in [0.3, 0.4) is 0 Å². The average molecular weight is 203 g/mol. The summed E-state index contributed by atoms with van der Waals surface area (Å²) < 4.78 is 1.66. The van der Waals surface area contributed by atoms with Crippen molar-refractivity contribution in [3.8, 4) is 5.69 Å². The second-order valence-electron chi connectivity index (χ2n) is 3.96. The molecular weight excluding hydrogens is 190 g/mol. The monoisotopic (exact) mass is 203 g/mol. The number of aliphatic hydroxyl groups is 1. The fourth-order valence-electron chi connectivity index (χ4n) is 1.37.